The van der Waals surface area contributed by atoms with Gasteiger partial charge in [0.1, 0.15) is 28.4 Å². The van der Waals surface area contributed by atoms with Gasteiger partial charge in [-0.1, -0.05) is 99.7 Å². The number of amides is 2. The molecule has 4 atom stereocenters. The molecular weight excluding hydrogens is 787 g/mol. The molecule has 4 N–H and O–H groups in total. The molecule has 58 heavy (non-hydrogen) atoms. The van der Waals surface area contributed by atoms with E-state index in [0.29, 0.717) is 49.2 Å². The number of hydrogen-bond donors (Lipinski definition) is 3. The number of hydrogen-bond acceptors (Lipinski definition) is 12. The summed E-state index contributed by atoms with van der Waals surface area (Å²) in [5, 5.41) is 19.2. The van der Waals surface area contributed by atoms with Crippen LogP contribution < -0.4 is 37.2 Å². The molecule has 16 heteroatoms. The van der Waals surface area contributed by atoms with Gasteiger partial charge in [-0.25, -0.2) is 9.97 Å². The highest BCUT2D eigenvalue weighted by Crippen LogP contribution is 2.40. The van der Waals surface area contributed by atoms with Crippen molar-refractivity contribution in [2.75, 3.05) is 29.0 Å². The van der Waals surface area contributed by atoms with Crippen LogP contribution in [0.1, 0.15) is 68.2 Å². The summed E-state index contributed by atoms with van der Waals surface area (Å²) in [5.74, 6) is -0.356. The summed E-state index contributed by atoms with van der Waals surface area (Å²) in [6.07, 6.45) is 3.62. The van der Waals surface area contributed by atoms with E-state index in [1.165, 1.54) is 33.4 Å². The Labute approximate surface area is 345 Å². The smallest absolute Gasteiger partial charge is 0.278 e. The number of nitrogens with two attached hydrogens (primary N) is 1. The predicted molar refractivity (Wildman–Crippen MR) is 233 cm³/mol. The molecule has 2 aromatic carbocycles. The first kappa shape index (κ1) is 39.5. The number of rotatable bonds is 10. The third kappa shape index (κ3) is 7.56. The molecule has 1 saturated heterocycles. The van der Waals surface area contributed by atoms with Crippen LogP contribution in [-0.2, 0) is 20.6 Å². The summed E-state index contributed by atoms with van der Waals surface area (Å²) in [6, 6.07) is 23.9. The number of carbonyl (C=O) groups is 2. The molecule has 6 heterocycles. The number of carbonyl (C=O) groups excluding carboxylic acids is 2. The van der Waals surface area contributed by atoms with Gasteiger partial charge in [-0.3, -0.25) is 19.0 Å². The maximum atomic E-state index is 14.4. The van der Waals surface area contributed by atoms with E-state index >= 15 is 0 Å². The number of nitrogens with one attached hydrogen (secondary N) is 2. The Morgan fingerprint density at radius 2 is 1.64 bits per heavy atom. The van der Waals surface area contributed by atoms with E-state index < -0.39 is 25.8 Å². The van der Waals surface area contributed by atoms with Gasteiger partial charge in [0.05, 0.1) is 24.8 Å². The molecule has 8 rings (SSSR count). The van der Waals surface area contributed by atoms with Crippen LogP contribution in [0.15, 0.2) is 90.0 Å². The highest BCUT2D eigenvalue weighted by atomic mass is 32.1. The molecule has 0 unspecified atom stereocenters. The molecule has 13 nitrogen and oxygen atoms in total. The topological polar surface area (TPSA) is 170 Å². The zero-order valence-corrected chi connectivity index (χ0v) is 35.8. The normalized spacial score (nSPS) is 19.6. The molecule has 2 amide bonds. The zero-order valence-electron chi connectivity index (χ0n) is 33.1. The fourth-order valence-electron chi connectivity index (χ4n) is 8.46. The minimum absolute atomic E-state index is 0.0311. The van der Waals surface area contributed by atoms with Gasteiger partial charge in [-0.2, -0.15) is 0 Å². The number of benzene rings is 2. The number of fused-ring (bicyclic) bond motifs is 2. The van der Waals surface area contributed by atoms with Crippen molar-refractivity contribution in [3.05, 3.63) is 111 Å². The van der Waals surface area contributed by atoms with Crippen molar-refractivity contribution < 1.29 is 14.0 Å². The summed E-state index contributed by atoms with van der Waals surface area (Å²) in [4.78, 5) is 54.1. The Morgan fingerprint density at radius 3 is 2.29 bits per heavy atom. The van der Waals surface area contributed by atoms with Crippen molar-refractivity contribution in [1.29, 1.82) is 0 Å². The second-order valence-corrected chi connectivity index (χ2v) is 22.9. The Kier molecular flexibility index (Phi) is 10.8. The molecule has 0 bridgehead atoms. The van der Waals surface area contributed by atoms with Gasteiger partial charge in [0, 0.05) is 40.2 Å². The maximum absolute atomic E-state index is 14.4. The fraction of sp³-hybridized carbons (Fsp3) is 0.357. The van der Waals surface area contributed by atoms with Crippen molar-refractivity contribution in [2.24, 2.45) is 5.92 Å². The molecular formula is C42H47N9O4S2Si. The Bertz CT molecular complexity index is 2480. The largest absolute Gasteiger partial charge is 0.403 e. The van der Waals surface area contributed by atoms with Crippen LogP contribution in [-0.4, -0.2) is 64.1 Å². The average molecular weight is 834 g/mol. The van der Waals surface area contributed by atoms with Crippen LogP contribution in [0.2, 0.25) is 5.04 Å². The number of thiophene rings is 1. The van der Waals surface area contributed by atoms with Crippen molar-refractivity contribution >= 4 is 79.9 Å². The SMILES string of the molecule is Cc1nnc(N2C[C@H](O[Si](c3ccccc3)(c3ccccc3)C(C)(C)C)C[C@H](C(=O)Nc3cnc4n(c3=O)[C@H](C(=O)NCc3cc5cnc(N)cc5s3)C[C@H]4C)C2)s1. The van der Waals surface area contributed by atoms with Crippen LogP contribution >= 0.6 is 22.7 Å². The molecule has 1 fully saturated rings. The lowest BCUT2D eigenvalue weighted by Crippen LogP contribution is -2.69. The van der Waals surface area contributed by atoms with Gasteiger partial charge < -0.3 is 25.7 Å². The van der Waals surface area contributed by atoms with E-state index in [-0.39, 0.29) is 34.6 Å². The molecule has 0 radical (unpaired) electrons. The Morgan fingerprint density at radius 1 is 0.931 bits per heavy atom. The van der Waals surface area contributed by atoms with Crippen LogP contribution in [0.3, 0.4) is 0 Å². The number of anilines is 3. The van der Waals surface area contributed by atoms with Gasteiger partial charge in [-0.05, 0) is 47.3 Å². The predicted octanol–water partition coefficient (Wildman–Crippen LogP) is 5.37. The first-order valence-corrected chi connectivity index (χ1v) is 23.0. The van der Waals surface area contributed by atoms with Gasteiger partial charge >= 0.3 is 0 Å². The first-order chi connectivity index (χ1) is 27.8. The van der Waals surface area contributed by atoms with Crippen molar-refractivity contribution in [2.45, 2.75) is 77.1 Å². The molecule has 2 aliphatic heterocycles. The van der Waals surface area contributed by atoms with E-state index in [2.05, 4.69) is 105 Å². The third-order valence-electron chi connectivity index (χ3n) is 11.2. The number of pyridine rings is 1. The summed E-state index contributed by atoms with van der Waals surface area (Å²) in [5.41, 5.74) is 5.43. The standard InChI is InChI=1S/C42H47N9O4S2Si/c1-25-16-34(39(53)46-21-30-18-27-20-44-36(43)19-35(27)57-30)51-37(25)45-22-33(40(51)54)47-38(52)28-17-29(24-50(23-28)41-49-48-26(2)56-41)55-58(42(3,4)5,31-12-8-6-9-13-31)32-14-10-7-11-15-32/h6-15,18-20,22,25,28-29,34H,16-17,21,23-24H2,1-5H3,(H2,43,44)(H,46,53)(H,47,52)/t25-,28+,29-,34+/m1/s1. The first-order valence-electron chi connectivity index (χ1n) is 19.5. The lowest BCUT2D eigenvalue weighted by molar-refractivity contribution is -0.124. The summed E-state index contributed by atoms with van der Waals surface area (Å²) in [7, 11) is -2.99. The lowest BCUT2D eigenvalue weighted by atomic mass is 9.95. The number of aryl methyl sites for hydroxylation is 1. The molecule has 6 aromatic rings. The molecule has 4 aromatic heterocycles. The van der Waals surface area contributed by atoms with E-state index in [9.17, 15) is 14.4 Å². The Hall–Kier alpha value is -5.29. The Balaban J connectivity index is 1.06. The summed E-state index contributed by atoms with van der Waals surface area (Å²) in [6.45, 7) is 11.7. The number of nitrogens with zero attached hydrogens (tertiary/aromatic N) is 6. The van der Waals surface area contributed by atoms with E-state index in [0.717, 1.165) is 30.3 Å². The monoisotopic (exact) mass is 833 g/mol. The minimum Gasteiger partial charge on any atom is -0.403 e. The highest BCUT2D eigenvalue weighted by molar-refractivity contribution is 7.19. The summed E-state index contributed by atoms with van der Waals surface area (Å²) >= 11 is 3.00. The van der Waals surface area contributed by atoms with Crippen LogP contribution in [0.4, 0.5) is 16.6 Å². The van der Waals surface area contributed by atoms with Gasteiger partial charge in [0.2, 0.25) is 16.9 Å². The zero-order chi connectivity index (χ0) is 40.8. The third-order valence-corrected chi connectivity index (χ3v) is 18.2. The molecule has 0 saturated carbocycles. The minimum atomic E-state index is -2.99. The summed E-state index contributed by atoms with van der Waals surface area (Å²) < 4.78 is 9.99. The molecule has 2 aliphatic rings. The number of nitrogen functional groups attached to an aromatic ring is 1. The number of piperidine rings is 1. The van der Waals surface area contributed by atoms with Crippen molar-refractivity contribution in [3.8, 4) is 0 Å². The molecule has 0 spiro atoms. The van der Waals surface area contributed by atoms with E-state index in [1.807, 2.05) is 38.1 Å². The molecule has 300 valence electrons. The van der Waals surface area contributed by atoms with Gasteiger partial charge in [0.25, 0.3) is 13.9 Å². The average Bonchev–Trinajstić information content (AvgIpc) is 3.93. The maximum Gasteiger partial charge on any atom is 0.278 e. The van der Waals surface area contributed by atoms with E-state index in [4.69, 9.17) is 10.2 Å². The van der Waals surface area contributed by atoms with Crippen LogP contribution in [0, 0.1) is 12.8 Å². The second kappa shape index (κ2) is 15.8. The molecule has 0 aliphatic carbocycles. The number of aromatic nitrogens is 5. The quantitative estimate of drug-likeness (QED) is 0.153. The fourth-order valence-corrected chi connectivity index (χ4v) is 14.9. The van der Waals surface area contributed by atoms with E-state index in [1.54, 1.807) is 6.20 Å². The van der Waals surface area contributed by atoms with Gasteiger partial charge in [0.15, 0.2) is 0 Å². The van der Waals surface area contributed by atoms with Gasteiger partial charge in [-0.15, -0.1) is 21.5 Å². The van der Waals surface area contributed by atoms with Crippen molar-refractivity contribution in [1.82, 2.24) is 30.0 Å². The van der Waals surface area contributed by atoms with Crippen LogP contribution in [0.5, 0.6) is 0 Å². The van der Waals surface area contributed by atoms with Crippen molar-refractivity contribution in [3.63, 3.8) is 0 Å². The second-order valence-electron chi connectivity index (χ2n) is 16.3. The highest BCUT2D eigenvalue weighted by Gasteiger charge is 2.52. The lowest BCUT2D eigenvalue weighted by Gasteiger charge is -2.47. The van der Waals surface area contributed by atoms with Crippen LogP contribution in [0.25, 0.3) is 10.1 Å².